The van der Waals surface area contributed by atoms with Crippen molar-refractivity contribution >= 4 is 12.6 Å². The van der Waals surface area contributed by atoms with Crippen LogP contribution in [0.3, 0.4) is 0 Å². The molecule has 0 aliphatic carbocycles. The maximum atomic E-state index is 5.59. The van der Waals surface area contributed by atoms with E-state index >= 15 is 0 Å². The molecule has 0 aromatic heterocycles. The number of ether oxygens (including phenoxy) is 1. The molecule has 0 saturated heterocycles. The molecule has 1 atom stereocenters. The van der Waals surface area contributed by atoms with Gasteiger partial charge in [-0.1, -0.05) is 6.07 Å². The summed E-state index contributed by atoms with van der Waals surface area (Å²) in [7, 11) is 1.68. The molecule has 1 unspecified atom stereocenters. The molecule has 0 amide bonds. The average molecular weight is 211 g/mol. The van der Waals surface area contributed by atoms with Gasteiger partial charge < -0.3 is 10.5 Å². The SMILES string of the molecule is COc1ccc(C(S)CN)c(C)c1C. The van der Waals surface area contributed by atoms with Crippen LogP contribution in [0.25, 0.3) is 0 Å². The lowest BCUT2D eigenvalue weighted by Crippen LogP contribution is -2.09. The molecule has 0 spiro atoms. The monoisotopic (exact) mass is 211 g/mol. The van der Waals surface area contributed by atoms with Crippen molar-refractivity contribution in [1.82, 2.24) is 0 Å². The van der Waals surface area contributed by atoms with Gasteiger partial charge in [0.1, 0.15) is 5.75 Å². The van der Waals surface area contributed by atoms with Crippen molar-refractivity contribution in [2.45, 2.75) is 19.1 Å². The number of hydrogen-bond acceptors (Lipinski definition) is 3. The number of rotatable bonds is 3. The van der Waals surface area contributed by atoms with E-state index in [0.29, 0.717) is 6.54 Å². The quantitative estimate of drug-likeness (QED) is 0.752. The Morgan fingerprint density at radius 2 is 2.00 bits per heavy atom. The topological polar surface area (TPSA) is 35.2 Å². The van der Waals surface area contributed by atoms with Gasteiger partial charge >= 0.3 is 0 Å². The maximum absolute atomic E-state index is 5.59. The van der Waals surface area contributed by atoms with Gasteiger partial charge in [-0.2, -0.15) is 12.6 Å². The second-order valence-electron chi connectivity index (χ2n) is 3.36. The Kier molecular flexibility index (Phi) is 3.84. The van der Waals surface area contributed by atoms with Gasteiger partial charge in [0.05, 0.1) is 7.11 Å². The van der Waals surface area contributed by atoms with Gasteiger partial charge in [-0.05, 0) is 36.6 Å². The highest BCUT2D eigenvalue weighted by Gasteiger charge is 2.11. The third-order valence-electron chi connectivity index (χ3n) is 2.58. The van der Waals surface area contributed by atoms with Gasteiger partial charge in [-0.3, -0.25) is 0 Å². The summed E-state index contributed by atoms with van der Waals surface area (Å²) in [6, 6.07) is 4.00. The van der Waals surface area contributed by atoms with Crippen molar-refractivity contribution in [3.63, 3.8) is 0 Å². The van der Waals surface area contributed by atoms with Crippen molar-refractivity contribution in [3.8, 4) is 5.75 Å². The van der Waals surface area contributed by atoms with Crippen molar-refractivity contribution in [2.24, 2.45) is 5.73 Å². The molecular weight excluding hydrogens is 194 g/mol. The summed E-state index contributed by atoms with van der Waals surface area (Å²) < 4.78 is 5.24. The van der Waals surface area contributed by atoms with Crippen LogP contribution in [0.5, 0.6) is 5.75 Å². The summed E-state index contributed by atoms with van der Waals surface area (Å²) in [5.74, 6) is 0.920. The Bertz CT molecular complexity index is 325. The Morgan fingerprint density at radius 1 is 1.36 bits per heavy atom. The number of benzene rings is 1. The summed E-state index contributed by atoms with van der Waals surface area (Å²) in [6.07, 6.45) is 0. The molecule has 2 N–H and O–H groups in total. The van der Waals surface area contributed by atoms with Crippen LogP contribution >= 0.6 is 12.6 Å². The Balaban J connectivity index is 3.17. The Labute approximate surface area is 90.9 Å². The van der Waals surface area contributed by atoms with Crippen LogP contribution in [0.2, 0.25) is 0 Å². The van der Waals surface area contributed by atoms with Crippen molar-refractivity contribution < 1.29 is 4.74 Å². The van der Waals surface area contributed by atoms with Crippen LogP contribution in [-0.2, 0) is 0 Å². The molecule has 0 saturated carbocycles. The molecule has 0 fully saturated rings. The van der Waals surface area contributed by atoms with Gasteiger partial charge in [-0.25, -0.2) is 0 Å². The molecule has 3 heteroatoms. The minimum absolute atomic E-state index is 0.111. The van der Waals surface area contributed by atoms with Crippen LogP contribution in [0.1, 0.15) is 21.9 Å². The standard InChI is InChI=1S/C11H17NOS/c1-7-8(2)10(13-3)5-4-9(7)11(14)6-12/h4-5,11,14H,6,12H2,1-3H3. The highest BCUT2D eigenvalue weighted by Crippen LogP contribution is 2.29. The zero-order valence-electron chi connectivity index (χ0n) is 8.87. The Morgan fingerprint density at radius 3 is 2.50 bits per heavy atom. The predicted molar refractivity (Wildman–Crippen MR) is 63.2 cm³/mol. The van der Waals surface area contributed by atoms with Crippen LogP contribution in [-0.4, -0.2) is 13.7 Å². The third kappa shape index (κ3) is 2.04. The van der Waals surface area contributed by atoms with Crippen molar-refractivity contribution in [2.75, 3.05) is 13.7 Å². The van der Waals surface area contributed by atoms with E-state index < -0.39 is 0 Å². The first-order valence-electron chi connectivity index (χ1n) is 4.64. The van der Waals surface area contributed by atoms with Crippen molar-refractivity contribution in [3.05, 3.63) is 28.8 Å². The van der Waals surface area contributed by atoms with E-state index in [2.05, 4.69) is 26.5 Å². The zero-order chi connectivity index (χ0) is 10.7. The molecule has 14 heavy (non-hydrogen) atoms. The molecule has 1 aromatic rings. The maximum Gasteiger partial charge on any atom is 0.122 e. The fraction of sp³-hybridized carbons (Fsp3) is 0.455. The van der Waals surface area contributed by atoms with E-state index in [-0.39, 0.29) is 5.25 Å². The zero-order valence-corrected chi connectivity index (χ0v) is 9.77. The van der Waals surface area contributed by atoms with E-state index in [1.807, 2.05) is 12.1 Å². The molecule has 0 bridgehead atoms. The fourth-order valence-electron chi connectivity index (χ4n) is 1.53. The first kappa shape index (κ1) is 11.4. The second-order valence-corrected chi connectivity index (χ2v) is 3.98. The molecule has 0 radical (unpaired) electrons. The van der Waals surface area contributed by atoms with Gasteiger partial charge in [-0.15, -0.1) is 0 Å². The smallest absolute Gasteiger partial charge is 0.122 e. The van der Waals surface area contributed by atoms with Crippen LogP contribution in [0.4, 0.5) is 0 Å². The minimum atomic E-state index is 0.111. The van der Waals surface area contributed by atoms with E-state index in [4.69, 9.17) is 10.5 Å². The molecule has 0 aliphatic rings. The molecule has 0 aliphatic heterocycles. The summed E-state index contributed by atoms with van der Waals surface area (Å²) >= 11 is 4.43. The highest BCUT2D eigenvalue weighted by molar-refractivity contribution is 7.80. The van der Waals surface area contributed by atoms with E-state index in [9.17, 15) is 0 Å². The fourth-order valence-corrected chi connectivity index (χ4v) is 1.81. The predicted octanol–water partition coefficient (Wildman–Crippen LogP) is 2.24. The first-order chi connectivity index (χ1) is 6.61. The van der Waals surface area contributed by atoms with Gasteiger partial charge in [0, 0.05) is 11.8 Å². The highest BCUT2D eigenvalue weighted by atomic mass is 32.1. The van der Waals surface area contributed by atoms with Gasteiger partial charge in [0.15, 0.2) is 0 Å². The van der Waals surface area contributed by atoms with E-state index in [1.165, 1.54) is 11.1 Å². The molecule has 0 heterocycles. The second kappa shape index (κ2) is 4.71. The minimum Gasteiger partial charge on any atom is -0.496 e. The normalized spacial score (nSPS) is 12.6. The molecule has 1 aromatic carbocycles. The van der Waals surface area contributed by atoms with Gasteiger partial charge in [0.2, 0.25) is 0 Å². The van der Waals surface area contributed by atoms with E-state index in [0.717, 1.165) is 11.3 Å². The van der Waals surface area contributed by atoms with E-state index in [1.54, 1.807) is 7.11 Å². The summed E-state index contributed by atoms with van der Waals surface area (Å²) in [6.45, 7) is 4.68. The molecule has 1 rings (SSSR count). The van der Waals surface area contributed by atoms with Crippen LogP contribution in [0.15, 0.2) is 12.1 Å². The number of methoxy groups -OCH3 is 1. The summed E-state index contributed by atoms with van der Waals surface area (Å²) in [5.41, 5.74) is 9.16. The first-order valence-corrected chi connectivity index (χ1v) is 5.15. The van der Waals surface area contributed by atoms with Gasteiger partial charge in [0.25, 0.3) is 0 Å². The molecule has 78 valence electrons. The number of nitrogens with two attached hydrogens (primary N) is 1. The van der Waals surface area contributed by atoms with Crippen LogP contribution < -0.4 is 10.5 Å². The molecule has 2 nitrogen and oxygen atoms in total. The average Bonchev–Trinajstić information content (AvgIpc) is 2.21. The lowest BCUT2D eigenvalue weighted by molar-refractivity contribution is 0.411. The number of thiol groups is 1. The lowest BCUT2D eigenvalue weighted by Gasteiger charge is -2.15. The largest absolute Gasteiger partial charge is 0.496 e. The van der Waals surface area contributed by atoms with Crippen molar-refractivity contribution in [1.29, 1.82) is 0 Å². The Hall–Kier alpha value is -0.670. The molecular formula is C11H17NOS. The summed E-state index contributed by atoms with van der Waals surface area (Å²) in [4.78, 5) is 0. The third-order valence-corrected chi connectivity index (χ3v) is 3.07. The van der Waals surface area contributed by atoms with Crippen LogP contribution in [0, 0.1) is 13.8 Å². The lowest BCUT2D eigenvalue weighted by atomic mass is 10.00. The summed E-state index contributed by atoms with van der Waals surface area (Å²) in [5, 5.41) is 0.111. The number of hydrogen-bond donors (Lipinski definition) is 2.